The van der Waals surface area contributed by atoms with Crippen LogP contribution in [0.1, 0.15) is 19.8 Å². The molecule has 1 amide bonds. The van der Waals surface area contributed by atoms with Crippen molar-refractivity contribution < 1.29 is 14.3 Å². The number of piperidine rings is 1. The lowest BCUT2D eigenvalue weighted by molar-refractivity contribution is -0.126. The van der Waals surface area contributed by atoms with Gasteiger partial charge < -0.3 is 20.1 Å². The van der Waals surface area contributed by atoms with Crippen LogP contribution in [0.5, 0.6) is 11.5 Å². The second-order valence-corrected chi connectivity index (χ2v) is 5.33. The number of ether oxygens (including phenoxy) is 2. The van der Waals surface area contributed by atoms with E-state index >= 15 is 0 Å². The molecule has 0 saturated carbocycles. The van der Waals surface area contributed by atoms with Gasteiger partial charge in [0, 0.05) is 11.5 Å². The number of amides is 1. The van der Waals surface area contributed by atoms with E-state index in [2.05, 4.69) is 10.6 Å². The van der Waals surface area contributed by atoms with Crippen LogP contribution < -0.4 is 20.1 Å². The molecule has 0 bridgehead atoms. The Labute approximate surface area is 119 Å². The van der Waals surface area contributed by atoms with E-state index in [4.69, 9.17) is 9.47 Å². The van der Waals surface area contributed by atoms with Crippen molar-refractivity contribution in [3.05, 3.63) is 18.2 Å². The Bertz CT molecular complexity index is 482. The van der Waals surface area contributed by atoms with Crippen molar-refractivity contribution in [3.8, 4) is 11.5 Å². The normalized spacial score (nSPS) is 17.4. The first-order valence-corrected chi connectivity index (χ1v) is 6.83. The molecule has 0 atom stereocenters. The highest BCUT2D eigenvalue weighted by molar-refractivity contribution is 5.96. The van der Waals surface area contributed by atoms with E-state index < -0.39 is 0 Å². The van der Waals surface area contributed by atoms with Crippen molar-refractivity contribution in [1.29, 1.82) is 0 Å². The van der Waals surface area contributed by atoms with Gasteiger partial charge in [-0.3, -0.25) is 4.79 Å². The summed E-state index contributed by atoms with van der Waals surface area (Å²) in [6, 6.07) is 5.38. The predicted molar refractivity (Wildman–Crippen MR) is 78.4 cm³/mol. The standard InChI is InChI=1S/C15H22N2O3/c1-15(6-8-16-9-7-15)14(18)17-12-10-11(19-2)4-5-13(12)20-3/h4-5,10,16H,6-9H2,1-3H3,(H,17,18). The summed E-state index contributed by atoms with van der Waals surface area (Å²) in [5.41, 5.74) is 0.316. The molecule has 0 aromatic heterocycles. The van der Waals surface area contributed by atoms with Gasteiger partial charge in [-0.05, 0) is 38.1 Å². The van der Waals surface area contributed by atoms with Crippen LogP contribution >= 0.6 is 0 Å². The van der Waals surface area contributed by atoms with Gasteiger partial charge in [-0.25, -0.2) is 0 Å². The van der Waals surface area contributed by atoms with Crippen molar-refractivity contribution in [2.45, 2.75) is 19.8 Å². The monoisotopic (exact) mass is 278 g/mol. The third-order valence-electron chi connectivity index (χ3n) is 3.91. The first-order chi connectivity index (χ1) is 9.59. The van der Waals surface area contributed by atoms with Crippen molar-refractivity contribution in [2.24, 2.45) is 5.41 Å². The van der Waals surface area contributed by atoms with Crippen LogP contribution in [0.25, 0.3) is 0 Å². The number of nitrogens with one attached hydrogen (secondary N) is 2. The van der Waals surface area contributed by atoms with E-state index in [-0.39, 0.29) is 11.3 Å². The maximum absolute atomic E-state index is 12.5. The van der Waals surface area contributed by atoms with Crippen molar-refractivity contribution >= 4 is 11.6 Å². The van der Waals surface area contributed by atoms with Crippen LogP contribution in [-0.2, 0) is 4.79 Å². The summed E-state index contributed by atoms with van der Waals surface area (Å²) >= 11 is 0. The molecule has 1 aliphatic heterocycles. The molecule has 0 spiro atoms. The smallest absolute Gasteiger partial charge is 0.230 e. The van der Waals surface area contributed by atoms with Gasteiger partial charge in [0.05, 0.1) is 19.9 Å². The highest BCUT2D eigenvalue weighted by atomic mass is 16.5. The summed E-state index contributed by atoms with van der Waals surface area (Å²) in [5, 5.41) is 6.25. The molecule has 1 heterocycles. The molecule has 5 nitrogen and oxygen atoms in total. The lowest BCUT2D eigenvalue weighted by Gasteiger charge is -2.32. The lowest BCUT2D eigenvalue weighted by atomic mass is 9.80. The van der Waals surface area contributed by atoms with E-state index in [1.165, 1.54) is 0 Å². The quantitative estimate of drug-likeness (QED) is 0.885. The highest BCUT2D eigenvalue weighted by Crippen LogP contribution is 2.33. The minimum absolute atomic E-state index is 0.0329. The SMILES string of the molecule is COc1ccc(OC)c(NC(=O)C2(C)CCNCC2)c1. The van der Waals surface area contributed by atoms with E-state index in [0.717, 1.165) is 25.9 Å². The average Bonchev–Trinajstić information content (AvgIpc) is 2.47. The molecule has 1 aromatic rings. The van der Waals surface area contributed by atoms with Gasteiger partial charge in [0.2, 0.25) is 5.91 Å². The molecule has 0 unspecified atom stereocenters. The zero-order valence-corrected chi connectivity index (χ0v) is 12.3. The molecule has 0 aliphatic carbocycles. The van der Waals surface area contributed by atoms with E-state index in [0.29, 0.717) is 17.2 Å². The molecular weight excluding hydrogens is 256 g/mol. The fourth-order valence-electron chi connectivity index (χ4n) is 2.39. The van der Waals surface area contributed by atoms with Gasteiger partial charge in [0.1, 0.15) is 11.5 Å². The van der Waals surface area contributed by atoms with Crippen LogP contribution in [0, 0.1) is 5.41 Å². The Hall–Kier alpha value is -1.75. The van der Waals surface area contributed by atoms with Gasteiger partial charge >= 0.3 is 0 Å². The van der Waals surface area contributed by atoms with E-state index in [9.17, 15) is 4.79 Å². The third-order valence-corrected chi connectivity index (χ3v) is 3.91. The van der Waals surface area contributed by atoms with Crippen LogP contribution in [0.2, 0.25) is 0 Å². The molecule has 2 N–H and O–H groups in total. The van der Waals surface area contributed by atoms with Gasteiger partial charge in [0.25, 0.3) is 0 Å². The van der Waals surface area contributed by atoms with E-state index in [1.54, 1.807) is 32.4 Å². The Balaban J connectivity index is 2.17. The van der Waals surface area contributed by atoms with E-state index in [1.807, 2.05) is 6.92 Å². The number of rotatable bonds is 4. The fourth-order valence-corrected chi connectivity index (χ4v) is 2.39. The Morgan fingerprint density at radius 1 is 1.25 bits per heavy atom. The summed E-state index contributed by atoms with van der Waals surface area (Å²) in [6.07, 6.45) is 1.68. The first-order valence-electron chi connectivity index (χ1n) is 6.83. The number of hydrogen-bond donors (Lipinski definition) is 2. The van der Waals surface area contributed by atoms with Gasteiger partial charge in [-0.2, -0.15) is 0 Å². The minimum Gasteiger partial charge on any atom is -0.497 e. The lowest BCUT2D eigenvalue weighted by Crippen LogP contribution is -2.42. The molecule has 1 fully saturated rings. The maximum atomic E-state index is 12.5. The minimum atomic E-state index is -0.334. The highest BCUT2D eigenvalue weighted by Gasteiger charge is 2.34. The topological polar surface area (TPSA) is 59.6 Å². The Morgan fingerprint density at radius 2 is 1.95 bits per heavy atom. The Kier molecular flexibility index (Phi) is 4.49. The molecular formula is C15H22N2O3. The number of carbonyl (C=O) groups excluding carboxylic acids is 1. The number of methoxy groups -OCH3 is 2. The van der Waals surface area contributed by atoms with Crippen molar-refractivity contribution in [3.63, 3.8) is 0 Å². The molecule has 1 saturated heterocycles. The van der Waals surface area contributed by atoms with Crippen LogP contribution in [0.3, 0.4) is 0 Å². The average molecular weight is 278 g/mol. The summed E-state index contributed by atoms with van der Waals surface area (Å²) < 4.78 is 10.5. The molecule has 0 radical (unpaired) electrons. The van der Waals surface area contributed by atoms with Crippen molar-refractivity contribution in [2.75, 3.05) is 32.6 Å². The van der Waals surface area contributed by atoms with Crippen molar-refractivity contribution in [1.82, 2.24) is 5.32 Å². The predicted octanol–water partition coefficient (Wildman–Crippen LogP) is 2.03. The maximum Gasteiger partial charge on any atom is 0.230 e. The number of anilines is 1. The zero-order valence-electron chi connectivity index (χ0n) is 12.3. The molecule has 20 heavy (non-hydrogen) atoms. The van der Waals surface area contributed by atoms with Gasteiger partial charge in [-0.1, -0.05) is 6.92 Å². The molecule has 5 heteroatoms. The summed E-state index contributed by atoms with van der Waals surface area (Å²) in [4.78, 5) is 12.5. The second-order valence-electron chi connectivity index (χ2n) is 5.33. The third kappa shape index (κ3) is 3.04. The fraction of sp³-hybridized carbons (Fsp3) is 0.533. The van der Waals surface area contributed by atoms with Gasteiger partial charge in [-0.15, -0.1) is 0 Å². The summed E-state index contributed by atoms with van der Waals surface area (Å²) in [6.45, 7) is 3.76. The van der Waals surface area contributed by atoms with Gasteiger partial charge in [0.15, 0.2) is 0 Å². The largest absolute Gasteiger partial charge is 0.497 e. The molecule has 1 aliphatic rings. The summed E-state index contributed by atoms with van der Waals surface area (Å²) in [5.74, 6) is 1.36. The first kappa shape index (κ1) is 14.7. The second kappa shape index (κ2) is 6.13. The molecule has 2 rings (SSSR count). The number of hydrogen-bond acceptors (Lipinski definition) is 4. The Morgan fingerprint density at radius 3 is 2.55 bits per heavy atom. The molecule has 1 aromatic carbocycles. The van der Waals surface area contributed by atoms with Crippen LogP contribution in [0.15, 0.2) is 18.2 Å². The number of carbonyl (C=O) groups is 1. The summed E-state index contributed by atoms with van der Waals surface area (Å²) in [7, 11) is 3.19. The number of benzene rings is 1. The molecule has 110 valence electrons. The van der Waals surface area contributed by atoms with Crippen LogP contribution in [-0.4, -0.2) is 33.2 Å². The van der Waals surface area contributed by atoms with Crippen LogP contribution in [0.4, 0.5) is 5.69 Å². The zero-order chi connectivity index (χ0) is 14.6.